The smallest absolute Gasteiger partial charge is 0.417 e. The molecule has 0 bridgehead atoms. The lowest BCUT2D eigenvalue weighted by Gasteiger charge is -2.37. The standard InChI is InChI=1S/C36H35ClN6O5/c37-28-8-6-27(7-9-28)36(24-43-26-38-25-39-43)46-23-34(48-36)22-45-32-16-14-31(15-17-32)42-20-18-41(19-21-42)30-12-10-29(11-13-30)40-35(44)47-33-4-2-1-3-5-33/h1-17,25-26,34H,18-24H2,(H,40,44)/t34-,36-/m1/s1. The summed E-state index contributed by atoms with van der Waals surface area (Å²) in [5, 5.41) is 7.66. The third kappa shape index (κ3) is 7.54. The number of piperazine rings is 1. The first-order valence-electron chi connectivity index (χ1n) is 15.8. The van der Waals surface area contributed by atoms with Gasteiger partial charge in [0.2, 0.25) is 5.79 Å². The summed E-state index contributed by atoms with van der Waals surface area (Å²) in [6, 6.07) is 32.4. The van der Waals surface area contributed by atoms with Crippen molar-refractivity contribution in [3.05, 3.63) is 126 Å². The van der Waals surface area contributed by atoms with Gasteiger partial charge in [0.1, 0.15) is 43.4 Å². The number of nitrogens with zero attached hydrogens (tertiary/aromatic N) is 5. The van der Waals surface area contributed by atoms with E-state index in [0.29, 0.717) is 36.2 Å². The van der Waals surface area contributed by atoms with E-state index in [-0.39, 0.29) is 6.10 Å². The number of nitrogens with one attached hydrogen (secondary N) is 1. The molecule has 0 saturated carbocycles. The summed E-state index contributed by atoms with van der Waals surface area (Å²) in [5.74, 6) is 0.245. The highest BCUT2D eigenvalue weighted by atomic mass is 35.5. The summed E-state index contributed by atoms with van der Waals surface area (Å²) >= 11 is 6.13. The second kappa shape index (κ2) is 14.3. The highest BCUT2D eigenvalue weighted by Crippen LogP contribution is 2.37. The van der Waals surface area contributed by atoms with Crippen LogP contribution < -0.4 is 24.6 Å². The lowest BCUT2D eigenvalue weighted by atomic mass is 10.1. The minimum atomic E-state index is -1.02. The van der Waals surface area contributed by atoms with Crippen LogP contribution in [0.1, 0.15) is 5.56 Å². The number of ether oxygens (including phenoxy) is 4. The Morgan fingerprint density at radius 2 is 1.52 bits per heavy atom. The van der Waals surface area contributed by atoms with E-state index in [2.05, 4.69) is 37.3 Å². The molecule has 5 aromatic rings. The fraction of sp³-hybridized carbons (Fsp3) is 0.250. The Hall–Kier alpha value is -5.10. The molecule has 2 atom stereocenters. The highest BCUT2D eigenvalue weighted by Gasteiger charge is 2.44. The summed E-state index contributed by atoms with van der Waals surface area (Å²) < 4.78 is 25.9. The number of carbonyl (C=O) groups is 1. The number of halogens is 1. The number of anilines is 3. The molecule has 0 aliphatic carbocycles. The van der Waals surface area contributed by atoms with E-state index in [1.54, 1.807) is 23.1 Å². The van der Waals surface area contributed by atoms with Crippen LogP contribution in [0.5, 0.6) is 11.5 Å². The Morgan fingerprint density at radius 3 is 2.17 bits per heavy atom. The van der Waals surface area contributed by atoms with E-state index >= 15 is 0 Å². The van der Waals surface area contributed by atoms with Gasteiger partial charge in [-0.05, 0) is 72.8 Å². The first-order valence-corrected chi connectivity index (χ1v) is 16.2. The maximum absolute atomic E-state index is 12.2. The zero-order valence-electron chi connectivity index (χ0n) is 26.2. The molecule has 2 saturated heterocycles. The molecule has 11 nitrogen and oxygen atoms in total. The third-order valence-electron chi connectivity index (χ3n) is 8.33. The zero-order chi connectivity index (χ0) is 32.8. The molecule has 1 aromatic heterocycles. The number of rotatable bonds is 10. The van der Waals surface area contributed by atoms with Gasteiger partial charge in [0, 0.05) is 53.8 Å². The Labute approximate surface area is 283 Å². The quantitative estimate of drug-likeness (QED) is 0.186. The number of hydrogen-bond acceptors (Lipinski definition) is 9. The van der Waals surface area contributed by atoms with Crippen LogP contribution in [0.15, 0.2) is 116 Å². The molecular formula is C36H35ClN6O5. The van der Waals surface area contributed by atoms with Crippen molar-refractivity contribution >= 4 is 34.8 Å². The minimum Gasteiger partial charge on any atom is -0.491 e. The molecule has 48 heavy (non-hydrogen) atoms. The van der Waals surface area contributed by atoms with Crippen molar-refractivity contribution in [2.75, 3.05) is 54.5 Å². The van der Waals surface area contributed by atoms with Gasteiger partial charge in [-0.15, -0.1) is 0 Å². The number of carbonyl (C=O) groups excluding carboxylic acids is 1. The number of aromatic nitrogens is 3. The largest absolute Gasteiger partial charge is 0.491 e. The summed E-state index contributed by atoms with van der Waals surface area (Å²) in [7, 11) is 0. The van der Waals surface area contributed by atoms with Crippen LogP contribution in [0.4, 0.5) is 21.9 Å². The second-order valence-electron chi connectivity index (χ2n) is 11.6. The van der Waals surface area contributed by atoms with E-state index in [9.17, 15) is 4.79 Å². The van der Waals surface area contributed by atoms with Crippen LogP contribution in [-0.4, -0.2) is 66.4 Å². The SMILES string of the molecule is O=C(Nc1ccc(N2CCN(c3ccc(OC[C@@H]4CO[C@@](Cn5cncn5)(c5ccc(Cl)cc5)O4)cc3)CC2)cc1)Oc1ccccc1. The lowest BCUT2D eigenvalue weighted by Crippen LogP contribution is -2.46. The van der Waals surface area contributed by atoms with Crippen LogP contribution in [0, 0.1) is 0 Å². The van der Waals surface area contributed by atoms with Gasteiger partial charge in [-0.25, -0.2) is 14.5 Å². The van der Waals surface area contributed by atoms with Crippen molar-refractivity contribution in [2.45, 2.75) is 18.4 Å². The average Bonchev–Trinajstić information content (AvgIpc) is 3.79. The fourth-order valence-electron chi connectivity index (χ4n) is 5.86. The van der Waals surface area contributed by atoms with E-state index in [4.69, 9.17) is 30.5 Å². The molecule has 246 valence electrons. The molecular weight excluding hydrogens is 632 g/mol. The maximum Gasteiger partial charge on any atom is 0.417 e. The first-order chi connectivity index (χ1) is 23.5. The molecule has 12 heteroatoms. The van der Waals surface area contributed by atoms with Crippen LogP contribution in [0.3, 0.4) is 0 Å². The van der Waals surface area contributed by atoms with Gasteiger partial charge >= 0.3 is 6.09 Å². The molecule has 2 fully saturated rings. The average molecular weight is 667 g/mol. The molecule has 3 heterocycles. The maximum atomic E-state index is 12.2. The van der Waals surface area contributed by atoms with Gasteiger partial charge in [-0.1, -0.05) is 41.9 Å². The molecule has 0 radical (unpaired) electrons. The van der Waals surface area contributed by atoms with Crippen LogP contribution in [0.25, 0.3) is 0 Å². The molecule has 7 rings (SSSR count). The number of hydrogen-bond donors (Lipinski definition) is 1. The lowest BCUT2D eigenvalue weighted by molar-refractivity contribution is -0.190. The Bertz CT molecular complexity index is 1770. The first kappa shape index (κ1) is 31.5. The van der Waals surface area contributed by atoms with E-state index in [0.717, 1.165) is 48.9 Å². The number of benzene rings is 4. The Morgan fingerprint density at radius 1 is 0.854 bits per heavy atom. The van der Waals surface area contributed by atoms with Crippen LogP contribution >= 0.6 is 11.6 Å². The van der Waals surface area contributed by atoms with E-state index in [1.165, 1.54) is 6.33 Å². The second-order valence-corrected chi connectivity index (χ2v) is 12.0. The topological polar surface area (TPSA) is 103 Å². The van der Waals surface area contributed by atoms with Gasteiger partial charge < -0.3 is 28.7 Å². The van der Waals surface area contributed by atoms with Crippen molar-refractivity contribution < 1.29 is 23.7 Å². The third-order valence-corrected chi connectivity index (χ3v) is 8.58. The zero-order valence-corrected chi connectivity index (χ0v) is 26.9. The predicted molar refractivity (Wildman–Crippen MR) is 183 cm³/mol. The van der Waals surface area contributed by atoms with Gasteiger partial charge in [-0.3, -0.25) is 5.32 Å². The fourth-order valence-corrected chi connectivity index (χ4v) is 5.99. The summed E-state index contributed by atoms with van der Waals surface area (Å²) in [4.78, 5) is 21.0. The van der Waals surface area contributed by atoms with E-state index in [1.807, 2.05) is 78.9 Å². The van der Waals surface area contributed by atoms with Gasteiger partial charge in [0.05, 0.1) is 6.61 Å². The molecule has 1 N–H and O–H groups in total. The van der Waals surface area contributed by atoms with Gasteiger partial charge in [-0.2, -0.15) is 5.10 Å². The Kier molecular flexibility index (Phi) is 9.41. The molecule has 0 unspecified atom stereocenters. The van der Waals surface area contributed by atoms with Gasteiger partial charge in [0.25, 0.3) is 0 Å². The van der Waals surface area contributed by atoms with Crippen molar-refractivity contribution in [1.82, 2.24) is 14.8 Å². The molecule has 4 aromatic carbocycles. The normalized spacial score (nSPS) is 19.2. The highest BCUT2D eigenvalue weighted by molar-refractivity contribution is 6.30. The van der Waals surface area contributed by atoms with Gasteiger partial charge in [0.15, 0.2) is 0 Å². The van der Waals surface area contributed by atoms with Crippen molar-refractivity contribution in [3.8, 4) is 11.5 Å². The molecule has 1 amide bonds. The number of amides is 1. The summed E-state index contributed by atoms with van der Waals surface area (Å²) in [6.45, 7) is 4.59. The number of para-hydroxylation sites is 1. The molecule has 0 spiro atoms. The van der Waals surface area contributed by atoms with E-state index < -0.39 is 11.9 Å². The predicted octanol–water partition coefficient (Wildman–Crippen LogP) is 6.22. The minimum absolute atomic E-state index is 0.273. The van der Waals surface area contributed by atoms with Crippen LogP contribution in [-0.2, 0) is 21.8 Å². The van der Waals surface area contributed by atoms with Crippen molar-refractivity contribution in [1.29, 1.82) is 0 Å². The van der Waals surface area contributed by atoms with Crippen molar-refractivity contribution in [2.24, 2.45) is 0 Å². The van der Waals surface area contributed by atoms with Crippen LogP contribution in [0.2, 0.25) is 5.02 Å². The summed E-state index contributed by atoms with van der Waals surface area (Å²) in [6.07, 6.45) is 2.33. The molecule has 2 aliphatic heterocycles. The Balaban J connectivity index is 0.883. The monoisotopic (exact) mass is 666 g/mol. The van der Waals surface area contributed by atoms with Crippen molar-refractivity contribution in [3.63, 3.8) is 0 Å². The summed E-state index contributed by atoms with van der Waals surface area (Å²) in [5.41, 5.74) is 3.79. The molecule has 2 aliphatic rings.